The third-order valence-corrected chi connectivity index (χ3v) is 3.03. The van der Waals surface area contributed by atoms with E-state index in [2.05, 4.69) is 15.0 Å². The van der Waals surface area contributed by atoms with Gasteiger partial charge in [0, 0.05) is 19.0 Å². The van der Waals surface area contributed by atoms with E-state index in [0.29, 0.717) is 18.4 Å². The molecule has 1 aliphatic heterocycles. The number of β-amino-alcohol motifs (C(OH)–C–C–N with tert-alkyl or cyclic N) is 1. The van der Waals surface area contributed by atoms with Gasteiger partial charge in [-0.2, -0.15) is 4.98 Å². The highest BCUT2D eigenvalue weighted by Gasteiger charge is 2.29. The zero-order valence-electron chi connectivity index (χ0n) is 8.59. The van der Waals surface area contributed by atoms with Gasteiger partial charge in [0.2, 0.25) is 5.89 Å². The topological polar surface area (TPSA) is 62.4 Å². The zero-order chi connectivity index (χ0) is 10.3. The number of hydrogen-bond acceptors (Lipinski definition) is 5. The van der Waals surface area contributed by atoms with Gasteiger partial charge in [-0.3, -0.25) is 4.90 Å². The fourth-order valence-electron chi connectivity index (χ4n) is 1.99. The van der Waals surface area contributed by atoms with E-state index in [9.17, 15) is 5.11 Å². The van der Waals surface area contributed by atoms with Crippen LogP contribution in [0.4, 0.5) is 0 Å². The normalized spacial score (nSPS) is 27.4. The van der Waals surface area contributed by atoms with Crippen molar-refractivity contribution in [1.82, 2.24) is 15.0 Å². The van der Waals surface area contributed by atoms with Crippen molar-refractivity contribution in [2.24, 2.45) is 0 Å². The molecule has 1 saturated carbocycles. The number of aliphatic hydroxyl groups is 1. The predicted molar refractivity (Wildman–Crippen MR) is 52.2 cm³/mol. The molecule has 82 valence electrons. The molecule has 1 aliphatic carbocycles. The van der Waals surface area contributed by atoms with Crippen molar-refractivity contribution in [3.05, 3.63) is 11.7 Å². The van der Waals surface area contributed by atoms with Gasteiger partial charge in [-0.05, 0) is 19.3 Å². The van der Waals surface area contributed by atoms with Crippen molar-refractivity contribution in [2.75, 3.05) is 13.1 Å². The quantitative estimate of drug-likeness (QED) is 0.786. The number of aliphatic hydroxyl groups excluding tert-OH is 1. The van der Waals surface area contributed by atoms with E-state index in [-0.39, 0.29) is 6.10 Å². The Labute approximate surface area is 88.1 Å². The molecule has 1 unspecified atom stereocenters. The lowest BCUT2D eigenvalue weighted by atomic mass is 10.3. The second-order valence-electron chi connectivity index (χ2n) is 4.50. The number of likely N-dealkylation sites (tertiary alicyclic amines) is 1. The van der Waals surface area contributed by atoms with Gasteiger partial charge in [-0.25, -0.2) is 0 Å². The minimum atomic E-state index is -0.184. The van der Waals surface area contributed by atoms with E-state index in [1.807, 2.05) is 0 Å². The summed E-state index contributed by atoms with van der Waals surface area (Å²) in [7, 11) is 0. The van der Waals surface area contributed by atoms with Crippen LogP contribution >= 0.6 is 0 Å². The monoisotopic (exact) mass is 209 g/mol. The molecule has 0 spiro atoms. The molecule has 1 saturated heterocycles. The first-order valence-corrected chi connectivity index (χ1v) is 5.54. The third kappa shape index (κ3) is 2.03. The van der Waals surface area contributed by atoms with Gasteiger partial charge in [0.25, 0.3) is 0 Å². The Morgan fingerprint density at radius 3 is 2.93 bits per heavy atom. The molecule has 15 heavy (non-hydrogen) atoms. The first-order chi connectivity index (χ1) is 7.31. The Kier molecular flexibility index (Phi) is 2.21. The molecule has 1 atom stereocenters. The van der Waals surface area contributed by atoms with Crippen LogP contribution in [0.2, 0.25) is 0 Å². The average Bonchev–Trinajstić information content (AvgIpc) is 2.84. The minimum Gasteiger partial charge on any atom is -0.392 e. The van der Waals surface area contributed by atoms with Crippen molar-refractivity contribution in [2.45, 2.75) is 37.8 Å². The molecule has 1 N–H and O–H groups in total. The van der Waals surface area contributed by atoms with Crippen LogP contribution in [0.15, 0.2) is 4.52 Å². The van der Waals surface area contributed by atoms with Crippen molar-refractivity contribution in [3.63, 3.8) is 0 Å². The molecular formula is C10H15N3O2. The molecule has 0 amide bonds. The summed E-state index contributed by atoms with van der Waals surface area (Å²) in [5.74, 6) is 2.10. The zero-order valence-corrected chi connectivity index (χ0v) is 8.59. The van der Waals surface area contributed by atoms with Crippen LogP contribution in [0, 0.1) is 0 Å². The molecule has 0 radical (unpaired) electrons. The summed E-state index contributed by atoms with van der Waals surface area (Å²) in [6.07, 6.45) is 3.06. The van der Waals surface area contributed by atoms with Gasteiger partial charge in [0.15, 0.2) is 5.82 Å². The van der Waals surface area contributed by atoms with Gasteiger partial charge in [-0.15, -0.1) is 0 Å². The lowest BCUT2D eigenvalue weighted by molar-refractivity contribution is 0.169. The lowest BCUT2D eigenvalue weighted by Gasteiger charge is -2.10. The molecule has 1 aromatic heterocycles. The Bertz CT molecular complexity index is 348. The smallest absolute Gasteiger partial charge is 0.240 e. The molecule has 0 aromatic carbocycles. The second-order valence-corrected chi connectivity index (χ2v) is 4.50. The van der Waals surface area contributed by atoms with E-state index in [0.717, 1.165) is 25.3 Å². The van der Waals surface area contributed by atoms with Gasteiger partial charge < -0.3 is 9.63 Å². The van der Waals surface area contributed by atoms with E-state index in [1.54, 1.807) is 0 Å². The summed E-state index contributed by atoms with van der Waals surface area (Å²) in [6, 6.07) is 0. The van der Waals surface area contributed by atoms with E-state index >= 15 is 0 Å². The van der Waals surface area contributed by atoms with Crippen LogP contribution in [0.5, 0.6) is 0 Å². The Hall–Kier alpha value is -0.940. The molecule has 2 fully saturated rings. The summed E-state index contributed by atoms with van der Waals surface area (Å²) < 4.78 is 5.18. The summed E-state index contributed by atoms with van der Waals surface area (Å²) in [5, 5.41) is 13.3. The predicted octanol–water partition coefficient (Wildman–Crippen LogP) is 0.514. The highest BCUT2D eigenvalue weighted by Crippen LogP contribution is 2.38. The van der Waals surface area contributed by atoms with E-state index in [4.69, 9.17) is 4.52 Å². The molecule has 2 aliphatic rings. The molecule has 1 aromatic rings. The van der Waals surface area contributed by atoms with Crippen LogP contribution < -0.4 is 0 Å². The van der Waals surface area contributed by atoms with Crippen molar-refractivity contribution in [3.8, 4) is 0 Å². The van der Waals surface area contributed by atoms with Gasteiger partial charge in [0.05, 0.1) is 12.6 Å². The van der Waals surface area contributed by atoms with Crippen molar-refractivity contribution >= 4 is 0 Å². The third-order valence-electron chi connectivity index (χ3n) is 3.03. The standard InChI is InChI=1S/C10H15N3O2/c14-8-3-4-13(5-8)6-9-11-10(12-15-9)7-1-2-7/h7-8,14H,1-6H2. The Morgan fingerprint density at radius 1 is 1.40 bits per heavy atom. The molecule has 0 bridgehead atoms. The molecule has 3 rings (SSSR count). The number of hydrogen-bond donors (Lipinski definition) is 1. The number of aromatic nitrogens is 2. The average molecular weight is 209 g/mol. The van der Waals surface area contributed by atoms with Crippen molar-refractivity contribution in [1.29, 1.82) is 0 Å². The fourth-order valence-corrected chi connectivity index (χ4v) is 1.99. The molecular weight excluding hydrogens is 194 g/mol. The SMILES string of the molecule is OC1CCN(Cc2nc(C3CC3)no2)C1. The molecule has 5 nitrogen and oxygen atoms in total. The highest BCUT2D eigenvalue weighted by atomic mass is 16.5. The molecule has 5 heteroatoms. The van der Waals surface area contributed by atoms with Crippen LogP contribution in [-0.2, 0) is 6.54 Å². The molecule has 2 heterocycles. The second kappa shape index (κ2) is 3.57. The number of rotatable bonds is 3. The summed E-state index contributed by atoms with van der Waals surface area (Å²) in [5.41, 5.74) is 0. The van der Waals surface area contributed by atoms with E-state index in [1.165, 1.54) is 12.8 Å². The number of nitrogens with zero attached hydrogens (tertiary/aromatic N) is 3. The first-order valence-electron chi connectivity index (χ1n) is 5.54. The Morgan fingerprint density at radius 2 is 2.27 bits per heavy atom. The van der Waals surface area contributed by atoms with Crippen LogP contribution in [0.1, 0.15) is 36.9 Å². The van der Waals surface area contributed by atoms with Gasteiger partial charge >= 0.3 is 0 Å². The van der Waals surface area contributed by atoms with Crippen LogP contribution in [0.25, 0.3) is 0 Å². The van der Waals surface area contributed by atoms with Gasteiger partial charge in [-0.1, -0.05) is 5.16 Å². The maximum Gasteiger partial charge on any atom is 0.240 e. The largest absolute Gasteiger partial charge is 0.392 e. The van der Waals surface area contributed by atoms with Crippen molar-refractivity contribution < 1.29 is 9.63 Å². The maximum atomic E-state index is 9.37. The first kappa shape index (κ1) is 9.30. The summed E-state index contributed by atoms with van der Waals surface area (Å²) >= 11 is 0. The van der Waals surface area contributed by atoms with Crippen LogP contribution in [-0.4, -0.2) is 39.3 Å². The summed E-state index contributed by atoms with van der Waals surface area (Å²) in [6.45, 7) is 2.32. The fraction of sp³-hybridized carbons (Fsp3) is 0.800. The Balaban J connectivity index is 1.61. The van der Waals surface area contributed by atoms with E-state index < -0.39 is 0 Å². The maximum absolute atomic E-state index is 9.37. The lowest BCUT2D eigenvalue weighted by Crippen LogP contribution is -2.21. The van der Waals surface area contributed by atoms with Gasteiger partial charge in [0.1, 0.15) is 0 Å². The van der Waals surface area contributed by atoms with Crippen LogP contribution in [0.3, 0.4) is 0 Å². The summed E-state index contributed by atoms with van der Waals surface area (Å²) in [4.78, 5) is 6.51. The minimum absolute atomic E-state index is 0.184. The highest BCUT2D eigenvalue weighted by molar-refractivity contribution is 5.03.